The van der Waals surface area contributed by atoms with Gasteiger partial charge in [0.05, 0.1) is 12.6 Å². The van der Waals surface area contributed by atoms with E-state index in [1.54, 1.807) is 7.11 Å². The summed E-state index contributed by atoms with van der Waals surface area (Å²) in [6, 6.07) is -0.0852. The van der Waals surface area contributed by atoms with Crippen LogP contribution in [0.4, 0.5) is 0 Å². The molecule has 1 amide bonds. The van der Waals surface area contributed by atoms with Crippen LogP contribution >= 0.6 is 12.4 Å². The highest BCUT2D eigenvalue weighted by molar-refractivity contribution is 5.85. The maximum atomic E-state index is 12.2. The number of carbonyl (C=O) groups excluding carboxylic acids is 1. The van der Waals surface area contributed by atoms with Gasteiger partial charge in [0.25, 0.3) is 0 Å². The maximum Gasteiger partial charge on any atom is 0.239 e. The number of hydrogen-bond donors (Lipinski definition) is 1. The van der Waals surface area contributed by atoms with Gasteiger partial charge in [-0.1, -0.05) is 27.2 Å². The van der Waals surface area contributed by atoms with E-state index >= 15 is 0 Å². The molecule has 18 heavy (non-hydrogen) atoms. The smallest absolute Gasteiger partial charge is 0.239 e. The molecule has 1 atom stereocenters. The van der Waals surface area contributed by atoms with Crippen LogP contribution in [-0.4, -0.2) is 43.2 Å². The van der Waals surface area contributed by atoms with Crippen LogP contribution in [0.2, 0.25) is 0 Å². The van der Waals surface area contributed by atoms with Gasteiger partial charge in [-0.15, -0.1) is 12.4 Å². The van der Waals surface area contributed by atoms with E-state index in [0.29, 0.717) is 13.2 Å². The average molecular weight is 281 g/mol. The molecule has 0 spiro atoms. The highest BCUT2D eigenvalue weighted by Gasteiger charge is 2.24. The van der Waals surface area contributed by atoms with Crippen LogP contribution in [0.5, 0.6) is 0 Å². The molecule has 0 aromatic heterocycles. The molecular formula is C13H29ClN2O2. The number of carbonyl (C=O) groups is 1. The molecule has 110 valence electrons. The first-order chi connectivity index (χ1) is 8.12. The van der Waals surface area contributed by atoms with Gasteiger partial charge >= 0.3 is 0 Å². The molecule has 1 unspecified atom stereocenters. The molecule has 0 aliphatic carbocycles. The van der Waals surface area contributed by atoms with Crippen molar-refractivity contribution in [2.75, 3.05) is 20.3 Å². The second-order valence-electron chi connectivity index (χ2n) is 4.39. The van der Waals surface area contributed by atoms with E-state index in [0.717, 1.165) is 25.7 Å². The zero-order valence-electron chi connectivity index (χ0n) is 12.1. The highest BCUT2D eigenvalue weighted by Crippen LogP contribution is 2.11. The summed E-state index contributed by atoms with van der Waals surface area (Å²) in [5.74, 6) is 0.0672. The Balaban J connectivity index is 0. The lowest BCUT2D eigenvalue weighted by molar-refractivity contribution is -0.136. The Hall–Kier alpha value is -0.320. The molecule has 0 fully saturated rings. The molecule has 0 aromatic carbocycles. The van der Waals surface area contributed by atoms with Gasteiger partial charge in [0.2, 0.25) is 5.91 Å². The third-order valence-corrected chi connectivity index (χ3v) is 3.12. The summed E-state index contributed by atoms with van der Waals surface area (Å²) in [5, 5.41) is 0. The second kappa shape index (κ2) is 11.8. The Bertz CT molecular complexity index is 211. The fraction of sp³-hybridized carbons (Fsp3) is 0.923. The number of nitrogens with zero attached hydrogens (tertiary/aromatic N) is 1. The third kappa shape index (κ3) is 6.57. The molecular weight excluding hydrogens is 252 g/mol. The van der Waals surface area contributed by atoms with Crippen molar-refractivity contribution in [3.05, 3.63) is 0 Å². The van der Waals surface area contributed by atoms with Crippen molar-refractivity contribution in [1.29, 1.82) is 0 Å². The Morgan fingerprint density at radius 3 is 2.22 bits per heavy atom. The van der Waals surface area contributed by atoms with Gasteiger partial charge in [-0.25, -0.2) is 0 Å². The van der Waals surface area contributed by atoms with Crippen molar-refractivity contribution in [1.82, 2.24) is 4.90 Å². The lowest BCUT2D eigenvalue weighted by Crippen LogP contribution is -2.49. The van der Waals surface area contributed by atoms with Crippen LogP contribution < -0.4 is 5.73 Å². The van der Waals surface area contributed by atoms with Gasteiger partial charge in [-0.3, -0.25) is 4.79 Å². The molecule has 4 nitrogen and oxygen atoms in total. The Morgan fingerprint density at radius 1 is 1.28 bits per heavy atom. The van der Waals surface area contributed by atoms with Gasteiger partial charge < -0.3 is 15.4 Å². The Kier molecular flexibility index (Phi) is 13.1. The van der Waals surface area contributed by atoms with Crippen LogP contribution in [0, 0.1) is 0 Å². The number of methoxy groups -OCH3 is 1. The number of ether oxygens (including phenoxy) is 1. The molecule has 0 bridgehead atoms. The molecule has 0 rings (SSSR count). The minimum Gasteiger partial charge on any atom is -0.383 e. The van der Waals surface area contributed by atoms with Crippen molar-refractivity contribution in [3.8, 4) is 0 Å². The average Bonchev–Trinajstić information content (AvgIpc) is 2.34. The Morgan fingerprint density at radius 2 is 1.83 bits per heavy atom. The minimum absolute atomic E-state index is 0. The van der Waals surface area contributed by atoms with Gasteiger partial charge in [0, 0.05) is 19.7 Å². The fourth-order valence-corrected chi connectivity index (χ4v) is 2.04. The van der Waals surface area contributed by atoms with E-state index in [1.807, 2.05) is 11.8 Å². The van der Waals surface area contributed by atoms with E-state index in [2.05, 4.69) is 13.8 Å². The summed E-state index contributed by atoms with van der Waals surface area (Å²) in [7, 11) is 1.65. The predicted molar refractivity (Wildman–Crippen MR) is 78.1 cm³/mol. The van der Waals surface area contributed by atoms with Gasteiger partial charge in [-0.05, 0) is 19.3 Å². The molecule has 5 heteroatoms. The molecule has 0 aromatic rings. The molecule has 0 aliphatic heterocycles. The van der Waals surface area contributed by atoms with Crippen LogP contribution in [0.15, 0.2) is 0 Å². The van der Waals surface area contributed by atoms with Gasteiger partial charge in [-0.2, -0.15) is 0 Å². The largest absolute Gasteiger partial charge is 0.383 e. The molecule has 0 saturated heterocycles. The van der Waals surface area contributed by atoms with Crippen molar-refractivity contribution in [2.45, 2.75) is 58.5 Å². The standard InChI is InChI=1S/C13H28N2O2.ClH/c1-5-8-12(14)13(16)15(9-10-17-4)11(6-2)7-3;/h11-12H,5-10,14H2,1-4H3;1H. The van der Waals surface area contributed by atoms with Gasteiger partial charge in [0.1, 0.15) is 0 Å². The molecule has 0 heterocycles. The van der Waals surface area contributed by atoms with E-state index in [4.69, 9.17) is 10.5 Å². The van der Waals surface area contributed by atoms with Crippen molar-refractivity contribution >= 4 is 18.3 Å². The highest BCUT2D eigenvalue weighted by atomic mass is 35.5. The van der Waals surface area contributed by atoms with Crippen molar-refractivity contribution < 1.29 is 9.53 Å². The third-order valence-electron chi connectivity index (χ3n) is 3.12. The van der Waals surface area contributed by atoms with E-state index in [1.165, 1.54) is 0 Å². The zero-order valence-corrected chi connectivity index (χ0v) is 13.0. The summed E-state index contributed by atoms with van der Waals surface area (Å²) in [6.45, 7) is 7.46. The zero-order chi connectivity index (χ0) is 13.3. The summed E-state index contributed by atoms with van der Waals surface area (Å²) in [5.41, 5.74) is 5.92. The van der Waals surface area contributed by atoms with E-state index < -0.39 is 0 Å². The van der Waals surface area contributed by atoms with Crippen LogP contribution in [-0.2, 0) is 9.53 Å². The quantitative estimate of drug-likeness (QED) is 0.704. The normalized spacial score (nSPS) is 12.1. The number of halogens is 1. The first-order valence-electron chi connectivity index (χ1n) is 6.67. The number of rotatable bonds is 9. The summed E-state index contributed by atoms with van der Waals surface area (Å²) < 4.78 is 5.07. The summed E-state index contributed by atoms with van der Waals surface area (Å²) in [6.07, 6.45) is 3.62. The van der Waals surface area contributed by atoms with E-state index in [9.17, 15) is 4.79 Å². The molecule has 0 radical (unpaired) electrons. The predicted octanol–water partition coefficient (Wildman–Crippen LogP) is 2.20. The van der Waals surface area contributed by atoms with Crippen LogP contribution in [0.25, 0.3) is 0 Å². The summed E-state index contributed by atoms with van der Waals surface area (Å²) in [4.78, 5) is 14.1. The topological polar surface area (TPSA) is 55.6 Å². The second-order valence-corrected chi connectivity index (χ2v) is 4.39. The number of amides is 1. The lowest BCUT2D eigenvalue weighted by Gasteiger charge is -2.32. The van der Waals surface area contributed by atoms with Crippen LogP contribution in [0.3, 0.4) is 0 Å². The van der Waals surface area contributed by atoms with Crippen molar-refractivity contribution in [2.24, 2.45) is 5.73 Å². The summed E-state index contributed by atoms with van der Waals surface area (Å²) >= 11 is 0. The lowest BCUT2D eigenvalue weighted by atomic mass is 10.1. The Labute approximate surface area is 118 Å². The number of nitrogens with two attached hydrogens (primary N) is 1. The van der Waals surface area contributed by atoms with Crippen LogP contribution in [0.1, 0.15) is 46.5 Å². The van der Waals surface area contributed by atoms with Gasteiger partial charge in [0.15, 0.2) is 0 Å². The minimum atomic E-state index is -0.363. The molecule has 0 saturated carbocycles. The monoisotopic (exact) mass is 280 g/mol. The SMILES string of the molecule is CCCC(N)C(=O)N(CCOC)C(CC)CC.Cl. The fourth-order valence-electron chi connectivity index (χ4n) is 2.04. The number of hydrogen-bond acceptors (Lipinski definition) is 3. The van der Waals surface area contributed by atoms with E-state index in [-0.39, 0.29) is 30.4 Å². The van der Waals surface area contributed by atoms with Crippen molar-refractivity contribution in [3.63, 3.8) is 0 Å². The molecule has 2 N–H and O–H groups in total. The molecule has 0 aliphatic rings. The maximum absolute atomic E-state index is 12.2. The first kappa shape index (κ1) is 20.0. The first-order valence-corrected chi connectivity index (χ1v) is 6.67.